The first-order valence-electron chi connectivity index (χ1n) is 11.6. The summed E-state index contributed by atoms with van der Waals surface area (Å²) in [5.74, 6) is -4.03. The van der Waals surface area contributed by atoms with E-state index in [1.807, 2.05) is 13.8 Å². The molecule has 1 aliphatic rings. The van der Waals surface area contributed by atoms with Gasteiger partial charge in [0.15, 0.2) is 5.96 Å². The number of nitrogens with one attached hydrogen (secondary N) is 2. The predicted molar refractivity (Wildman–Crippen MR) is 127 cm³/mol. The predicted octanol–water partition coefficient (Wildman–Crippen LogP) is -2.67. The van der Waals surface area contributed by atoms with Crippen LogP contribution in [0.1, 0.15) is 52.4 Å². The molecule has 0 radical (unpaired) electrons. The fourth-order valence-electron chi connectivity index (χ4n) is 3.84. The van der Waals surface area contributed by atoms with E-state index >= 15 is 0 Å². The molecule has 14 heteroatoms. The number of carbonyl (C=O) groups is 5. The Labute approximate surface area is 204 Å². The third-order valence-electron chi connectivity index (χ3n) is 5.48. The lowest BCUT2D eigenvalue weighted by Crippen LogP contribution is -2.57. The van der Waals surface area contributed by atoms with Gasteiger partial charge in [-0.2, -0.15) is 0 Å². The summed E-state index contributed by atoms with van der Waals surface area (Å²) < 4.78 is 0. The number of likely N-dealkylation sites (tertiary alicyclic amines) is 1. The van der Waals surface area contributed by atoms with Crippen LogP contribution in [0.15, 0.2) is 4.99 Å². The minimum Gasteiger partial charge on any atom is -0.480 e. The number of primary amides is 1. The maximum atomic E-state index is 13.0. The van der Waals surface area contributed by atoms with E-state index in [-0.39, 0.29) is 37.2 Å². The molecule has 1 heterocycles. The number of nitrogens with zero attached hydrogens (tertiary/aromatic N) is 2. The van der Waals surface area contributed by atoms with Gasteiger partial charge in [0.2, 0.25) is 23.6 Å². The van der Waals surface area contributed by atoms with Crippen LogP contribution in [0.4, 0.5) is 0 Å². The molecule has 0 aromatic rings. The van der Waals surface area contributed by atoms with Gasteiger partial charge in [-0.05, 0) is 38.0 Å². The molecule has 0 aromatic heterocycles. The van der Waals surface area contributed by atoms with Crippen molar-refractivity contribution in [3.05, 3.63) is 0 Å². The van der Waals surface area contributed by atoms with Gasteiger partial charge in [-0.15, -0.1) is 0 Å². The van der Waals surface area contributed by atoms with Crippen LogP contribution in [0, 0.1) is 5.92 Å². The molecule has 4 unspecified atom stereocenters. The van der Waals surface area contributed by atoms with Crippen molar-refractivity contribution in [3.8, 4) is 0 Å². The standard InChI is InChI=1S/C21H38N8O6/c1-11(2)9-12(22)19(33)29-8-4-6-15(29)18(32)28-14(10-16(23)30)17(31)27-13(20(34)35)5-3-7-26-21(24)25/h11-15H,3-10,22H2,1-2H3,(H2,23,30)(H,27,31)(H,28,32)(H,34,35)(H4,24,25,26). The molecule has 198 valence electrons. The summed E-state index contributed by atoms with van der Waals surface area (Å²) in [4.78, 5) is 66.7. The van der Waals surface area contributed by atoms with Gasteiger partial charge in [0.05, 0.1) is 12.5 Å². The minimum absolute atomic E-state index is 0.00767. The highest BCUT2D eigenvalue weighted by Gasteiger charge is 2.38. The highest BCUT2D eigenvalue weighted by Crippen LogP contribution is 2.20. The normalized spacial score (nSPS) is 17.8. The summed E-state index contributed by atoms with van der Waals surface area (Å²) in [7, 11) is 0. The summed E-state index contributed by atoms with van der Waals surface area (Å²) in [5, 5.41) is 14.2. The zero-order chi connectivity index (χ0) is 26.7. The summed E-state index contributed by atoms with van der Waals surface area (Å²) in [6.07, 6.45) is 1.11. The van der Waals surface area contributed by atoms with Crippen LogP contribution >= 0.6 is 0 Å². The molecule has 4 atom stereocenters. The lowest BCUT2D eigenvalue weighted by Gasteiger charge is -2.29. The van der Waals surface area contributed by atoms with E-state index in [2.05, 4.69) is 15.6 Å². The van der Waals surface area contributed by atoms with Crippen LogP contribution in [-0.2, 0) is 24.0 Å². The van der Waals surface area contributed by atoms with E-state index in [0.29, 0.717) is 25.8 Å². The molecule has 1 saturated heterocycles. The molecule has 1 aliphatic heterocycles. The molecule has 0 spiro atoms. The van der Waals surface area contributed by atoms with Gasteiger partial charge < -0.3 is 43.6 Å². The Kier molecular flexibility index (Phi) is 11.9. The molecule has 14 nitrogen and oxygen atoms in total. The van der Waals surface area contributed by atoms with E-state index in [9.17, 15) is 29.1 Å². The maximum absolute atomic E-state index is 13.0. The number of aliphatic carboxylic acids is 1. The van der Waals surface area contributed by atoms with Gasteiger partial charge in [-0.25, -0.2) is 4.79 Å². The van der Waals surface area contributed by atoms with Gasteiger partial charge >= 0.3 is 5.97 Å². The fraction of sp³-hybridized carbons (Fsp3) is 0.714. The maximum Gasteiger partial charge on any atom is 0.326 e. The first kappa shape index (κ1) is 29.6. The largest absolute Gasteiger partial charge is 0.480 e. The monoisotopic (exact) mass is 498 g/mol. The fourth-order valence-corrected chi connectivity index (χ4v) is 3.84. The topological polar surface area (TPSA) is 249 Å². The Hall–Kier alpha value is -3.42. The van der Waals surface area contributed by atoms with Crippen LogP contribution in [0.25, 0.3) is 0 Å². The third kappa shape index (κ3) is 10.2. The van der Waals surface area contributed by atoms with E-state index in [4.69, 9.17) is 22.9 Å². The highest BCUT2D eigenvalue weighted by molar-refractivity contribution is 5.96. The molecule has 11 N–H and O–H groups in total. The van der Waals surface area contributed by atoms with E-state index in [1.165, 1.54) is 4.90 Å². The van der Waals surface area contributed by atoms with Gasteiger partial charge in [0.25, 0.3) is 0 Å². The van der Waals surface area contributed by atoms with Crippen molar-refractivity contribution in [1.29, 1.82) is 0 Å². The molecule has 4 amide bonds. The summed E-state index contributed by atoms with van der Waals surface area (Å²) in [6, 6.07) is -4.34. The van der Waals surface area contributed by atoms with Crippen LogP contribution in [-0.4, -0.2) is 82.8 Å². The first-order chi connectivity index (χ1) is 16.3. The molecule has 1 fully saturated rings. The Morgan fingerprint density at radius 3 is 2.29 bits per heavy atom. The molecule has 35 heavy (non-hydrogen) atoms. The number of rotatable bonds is 14. The summed E-state index contributed by atoms with van der Waals surface area (Å²) in [5.41, 5.74) is 21.7. The van der Waals surface area contributed by atoms with Crippen LogP contribution in [0.3, 0.4) is 0 Å². The van der Waals surface area contributed by atoms with Crippen molar-refractivity contribution in [3.63, 3.8) is 0 Å². The SMILES string of the molecule is CC(C)CC(N)C(=O)N1CCCC1C(=O)NC(CC(N)=O)C(=O)NC(CCCN=C(N)N)C(=O)O. The van der Waals surface area contributed by atoms with Crippen molar-refractivity contribution in [2.75, 3.05) is 13.1 Å². The van der Waals surface area contributed by atoms with Crippen molar-refractivity contribution in [1.82, 2.24) is 15.5 Å². The molecule has 1 rings (SSSR count). The quantitative estimate of drug-likeness (QED) is 0.0748. The van der Waals surface area contributed by atoms with Gasteiger partial charge in [0, 0.05) is 13.1 Å². The number of aliphatic imine (C=N–C) groups is 1. The number of carboxylic acid groups (broad SMARTS) is 1. The van der Waals surface area contributed by atoms with Crippen molar-refractivity contribution in [2.45, 2.75) is 76.5 Å². The Morgan fingerprint density at radius 2 is 1.74 bits per heavy atom. The third-order valence-corrected chi connectivity index (χ3v) is 5.48. The Morgan fingerprint density at radius 1 is 1.09 bits per heavy atom. The average molecular weight is 499 g/mol. The van der Waals surface area contributed by atoms with E-state index in [0.717, 1.165) is 0 Å². The highest BCUT2D eigenvalue weighted by atomic mass is 16.4. The zero-order valence-electron chi connectivity index (χ0n) is 20.2. The van der Waals surface area contributed by atoms with Gasteiger partial charge in [-0.3, -0.25) is 24.2 Å². The van der Waals surface area contributed by atoms with Crippen molar-refractivity contribution in [2.24, 2.45) is 33.8 Å². The second-order valence-corrected chi connectivity index (χ2v) is 9.01. The lowest BCUT2D eigenvalue weighted by molar-refractivity contribution is -0.143. The smallest absolute Gasteiger partial charge is 0.326 e. The van der Waals surface area contributed by atoms with Crippen LogP contribution in [0.5, 0.6) is 0 Å². The summed E-state index contributed by atoms with van der Waals surface area (Å²) >= 11 is 0. The molecule has 0 aliphatic carbocycles. The number of guanidine groups is 1. The first-order valence-corrected chi connectivity index (χ1v) is 11.6. The second kappa shape index (κ2) is 14.1. The van der Waals surface area contributed by atoms with Crippen LogP contribution < -0.4 is 33.6 Å². The molecule has 0 aromatic carbocycles. The number of hydrogen-bond acceptors (Lipinski definition) is 7. The zero-order valence-corrected chi connectivity index (χ0v) is 20.2. The number of amides is 4. The lowest BCUT2D eigenvalue weighted by atomic mass is 10.0. The van der Waals surface area contributed by atoms with E-state index in [1.54, 1.807) is 0 Å². The van der Waals surface area contributed by atoms with Crippen LogP contribution in [0.2, 0.25) is 0 Å². The molecule has 0 bridgehead atoms. The Bertz CT molecular complexity index is 814. The van der Waals surface area contributed by atoms with E-state index < -0.39 is 54.3 Å². The molecular weight excluding hydrogens is 460 g/mol. The minimum atomic E-state index is -1.42. The average Bonchev–Trinajstić information content (AvgIpc) is 3.23. The Balaban J connectivity index is 2.88. The van der Waals surface area contributed by atoms with Gasteiger partial charge in [-0.1, -0.05) is 13.8 Å². The number of hydrogen-bond donors (Lipinski definition) is 7. The summed E-state index contributed by atoms with van der Waals surface area (Å²) in [6.45, 7) is 4.36. The molecular formula is C21H38N8O6. The van der Waals surface area contributed by atoms with Crippen molar-refractivity contribution < 1.29 is 29.1 Å². The number of carboxylic acids is 1. The number of nitrogens with two attached hydrogens (primary N) is 4. The number of carbonyl (C=O) groups excluding carboxylic acids is 4. The van der Waals surface area contributed by atoms with Crippen molar-refractivity contribution >= 4 is 35.6 Å². The second-order valence-electron chi connectivity index (χ2n) is 9.01. The van der Waals surface area contributed by atoms with Gasteiger partial charge in [0.1, 0.15) is 18.1 Å². The molecule has 0 saturated carbocycles.